The standard InChI is InChI=1S/C19H24N6OS/c1-5-8-14-16(27-22-20-14)18(26)24-11-13-15(12-24)21-25(19(2,3)4)17(13)23-9-6-7-10-23/h6-7,9-10H,5,8,11-12H2,1-4H3. The van der Waals surface area contributed by atoms with Crippen LogP contribution in [0.1, 0.15) is 60.7 Å². The zero-order valence-electron chi connectivity index (χ0n) is 16.1. The lowest BCUT2D eigenvalue weighted by Crippen LogP contribution is -2.29. The van der Waals surface area contributed by atoms with E-state index in [0.29, 0.717) is 18.0 Å². The quantitative estimate of drug-likeness (QED) is 0.691. The van der Waals surface area contributed by atoms with Crippen LogP contribution in [-0.4, -0.2) is 34.7 Å². The van der Waals surface area contributed by atoms with Gasteiger partial charge in [-0.15, -0.1) is 5.10 Å². The third kappa shape index (κ3) is 3.07. The smallest absolute Gasteiger partial charge is 0.268 e. The summed E-state index contributed by atoms with van der Waals surface area (Å²) in [6.45, 7) is 9.59. The Labute approximate surface area is 162 Å². The van der Waals surface area contributed by atoms with Gasteiger partial charge in [0.2, 0.25) is 0 Å². The minimum absolute atomic E-state index is 0.00668. The van der Waals surface area contributed by atoms with Crippen molar-refractivity contribution in [1.82, 2.24) is 28.8 Å². The molecule has 4 rings (SSSR count). The summed E-state index contributed by atoms with van der Waals surface area (Å²) in [6, 6.07) is 4.01. The van der Waals surface area contributed by atoms with Gasteiger partial charge < -0.3 is 9.47 Å². The van der Waals surface area contributed by atoms with Crippen molar-refractivity contribution in [1.29, 1.82) is 0 Å². The molecule has 0 aliphatic carbocycles. The number of aryl methyl sites for hydroxylation is 1. The van der Waals surface area contributed by atoms with Gasteiger partial charge in [0.25, 0.3) is 5.91 Å². The lowest BCUT2D eigenvalue weighted by molar-refractivity contribution is 0.0752. The fourth-order valence-electron chi connectivity index (χ4n) is 3.47. The highest BCUT2D eigenvalue weighted by Crippen LogP contribution is 2.33. The molecule has 1 aliphatic heterocycles. The van der Waals surface area contributed by atoms with Crippen LogP contribution in [0.5, 0.6) is 0 Å². The normalized spacial score (nSPS) is 14.0. The Hall–Kier alpha value is -2.48. The van der Waals surface area contributed by atoms with Crippen molar-refractivity contribution < 1.29 is 4.79 Å². The van der Waals surface area contributed by atoms with E-state index in [9.17, 15) is 4.79 Å². The molecule has 0 bridgehead atoms. The molecule has 0 unspecified atom stereocenters. The zero-order valence-corrected chi connectivity index (χ0v) is 17.0. The molecule has 7 nitrogen and oxygen atoms in total. The fourth-order valence-corrected chi connectivity index (χ4v) is 4.15. The van der Waals surface area contributed by atoms with Crippen molar-refractivity contribution in [2.24, 2.45) is 0 Å². The van der Waals surface area contributed by atoms with Crippen molar-refractivity contribution in [3.05, 3.63) is 46.4 Å². The second-order valence-electron chi connectivity index (χ2n) is 7.88. The van der Waals surface area contributed by atoms with Gasteiger partial charge in [0.05, 0.1) is 30.0 Å². The number of aromatic nitrogens is 5. The molecule has 0 radical (unpaired) electrons. The first-order valence-corrected chi connectivity index (χ1v) is 10.0. The van der Waals surface area contributed by atoms with Crippen LogP contribution in [-0.2, 0) is 25.0 Å². The number of carbonyl (C=O) groups excluding carboxylic acids is 1. The highest BCUT2D eigenvalue weighted by molar-refractivity contribution is 7.08. The molecule has 8 heteroatoms. The van der Waals surface area contributed by atoms with E-state index >= 15 is 0 Å². The van der Waals surface area contributed by atoms with Crippen LogP contribution in [0.3, 0.4) is 0 Å². The maximum absolute atomic E-state index is 13.1. The van der Waals surface area contributed by atoms with E-state index < -0.39 is 0 Å². The number of amides is 1. The van der Waals surface area contributed by atoms with E-state index in [1.165, 1.54) is 11.5 Å². The van der Waals surface area contributed by atoms with Crippen molar-refractivity contribution in [3.63, 3.8) is 0 Å². The van der Waals surface area contributed by atoms with Gasteiger partial charge in [-0.3, -0.25) is 4.79 Å². The van der Waals surface area contributed by atoms with Crippen molar-refractivity contribution in [2.45, 2.75) is 59.2 Å². The van der Waals surface area contributed by atoms with Gasteiger partial charge in [-0.2, -0.15) is 5.10 Å². The SMILES string of the molecule is CCCc1nnsc1C(=O)N1Cc2nn(C(C)(C)C)c(-n3cccc3)c2C1. The Kier molecular flexibility index (Phi) is 4.38. The molecule has 27 heavy (non-hydrogen) atoms. The van der Waals surface area contributed by atoms with Crippen LogP contribution in [0.2, 0.25) is 0 Å². The fraction of sp³-hybridized carbons (Fsp3) is 0.474. The Balaban J connectivity index is 1.68. The van der Waals surface area contributed by atoms with Gasteiger partial charge in [0.1, 0.15) is 10.7 Å². The molecule has 0 saturated carbocycles. The topological polar surface area (TPSA) is 68.8 Å². The summed E-state index contributed by atoms with van der Waals surface area (Å²) in [5.41, 5.74) is 2.75. The second kappa shape index (κ2) is 6.60. The predicted octanol–water partition coefficient (Wildman–Crippen LogP) is 3.39. The summed E-state index contributed by atoms with van der Waals surface area (Å²) in [5, 5.41) is 9.00. The van der Waals surface area contributed by atoms with E-state index in [0.717, 1.165) is 35.6 Å². The maximum Gasteiger partial charge on any atom is 0.268 e. The molecule has 0 saturated heterocycles. The first-order valence-electron chi connectivity index (χ1n) is 9.25. The summed E-state index contributed by atoms with van der Waals surface area (Å²) in [6.07, 6.45) is 5.77. The summed E-state index contributed by atoms with van der Waals surface area (Å²) >= 11 is 1.19. The van der Waals surface area contributed by atoms with Crippen LogP contribution in [0.4, 0.5) is 0 Å². The third-order valence-corrected chi connectivity index (χ3v) is 5.49. The number of rotatable bonds is 4. The van der Waals surface area contributed by atoms with Crippen LogP contribution < -0.4 is 0 Å². The van der Waals surface area contributed by atoms with Crippen molar-refractivity contribution in [3.8, 4) is 5.82 Å². The second-order valence-corrected chi connectivity index (χ2v) is 8.64. The van der Waals surface area contributed by atoms with Crippen molar-refractivity contribution >= 4 is 17.4 Å². The van der Waals surface area contributed by atoms with Gasteiger partial charge in [-0.05, 0) is 50.9 Å². The highest BCUT2D eigenvalue weighted by Gasteiger charge is 2.35. The number of hydrogen-bond acceptors (Lipinski definition) is 5. The number of carbonyl (C=O) groups is 1. The molecule has 0 N–H and O–H groups in total. The van der Waals surface area contributed by atoms with Crippen LogP contribution in [0.15, 0.2) is 24.5 Å². The van der Waals surface area contributed by atoms with E-state index in [4.69, 9.17) is 5.10 Å². The Bertz CT molecular complexity index is 963. The lowest BCUT2D eigenvalue weighted by atomic mass is 10.1. The average Bonchev–Trinajstić information content (AvgIpc) is 3.36. The van der Waals surface area contributed by atoms with E-state index in [1.54, 1.807) is 0 Å². The lowest BCUT2D eigenvalue weighted by Gasteiger charge is -2.24. The summed E-state index contributed by atoms with van der Waals surface area (Å²) in [7, 11) is 0. The molecule has 0 atom stereocenters. The van der Waals surface area contributed by atoms with Crippen LogP contribution in [0, 0.1) is 0 Å². The zero-order chi connectivity index (χ0) is 19.2. The highest BCUT2D eigenvalue weighted by atomic mass is 32.1. The van der Waals surface area contributed by atoms with Crippen molar-refractivity contribution in [2.75, 3.05) is 0 Å². The largest absolute Gasteiger partial charge is 0.327 e. The number of hydrogen-bond donors (Lipinski definition) is 0. The molecule has 4 heterocycles. The molecule has 0 aromatic carbocycles. The Morgan fingerprint density at radius 2 is 1.96 bits per heavy atom. The summed E-state index contributed by atoms with van der Waals surface area (Å²) in [5.74, 6) is 1.04. The van der Waals surface area contributed by atoms with Gasteiger partial charge in [-0.1, -0.05) is 17.8 Å². The number of fused-ring (bicyclic) bond motifs is 1. The van der Waals surface area contributed by atoms with Crippen LogP contribution >= 0.6 is 11.5 Å². The van der Waals surface area contributed by atoms with Crippen LogP contribution in [0.25, 0.3) is 5.82 Å². The first-order chi connectivity index (χ1) is 12.9. The summed E-state index contributed by atoms with van der Waals surface area (Å²) < 4.78 is 8.15. The maximum atomic E-state index is 13.1. The monoisotopic (exact) mass is 384 g/mol. The molecule has 1 aliphatic rings. The van der Waals surface area contributed by atoms with Gasteiger partial charge >= 0.3 is 0 Å². The Morgan fingerprint density at radius 1 is 1.22 bits per heavy atom. The van der Waals surface area contributed by atoms with E-state index in [-0.39, 0.29) is 11.4 Å². The molecular weight excluding hydrogens is 360 g/mol. The number of nitrogens with zero attached hydrogens (tertiary/aromatic N) is 6. The minimum Gasteiger partial charge on any atom is -0.327 e. The van der Waals surface area contributed by atoms with E-state index in [2.05, 4.69) is 46.5 Å². The molecule has 3 aromatic heterocycles. The third-order valence-electron chi connectivity index (χ3n) is 4.74. The molecule has 0 fully saturated rings. The molecule has 3 aromatic rings. The molecule has 142 valence electrons. The summed E-state index contributed by atoms with van der Waals surface area (Å²) in [4.78, 5) is 15.6. The molecule has 1 amide bonds. The molecular formula is C19H24N6OS. The first kappa shape index (κ1) is 17.9. The average molecular weight is 385 g/mol. The minimum atomic E-state index is -0.144. The predicted molar refractivity (Wildman–Crippen MR) is 104 cm³/mol. The Morgan fingerprint density at radius 3 is 2.63 bits per heavy atom. The van der Waals surface area contributed by atoms with Gasteiger partial charge in [0.15, 0.2) is 0 Å². The van der Waals surface area contributed by atoms with E-state index in [1.807, 2.05) is 29.4 Å². The van der Waals surface area contributed by atoms with Gasteiger partial charge in [-0.25, -0.2) is 4.68 Å². The molecule has 0 spiro atoms. The van der Waals surface area contributed by atoms with Gasteiger partial charge in [0, 0.05) is 18.0 Å².